The molecular formula is C27H26N4O2. The molecule has 1 amide bonds. The van der Waals surface area contributed by atoms with Crippen LogP contribution in [0.3, 0.4) is 0 Å². The molecule has 0 atom stereocenters. The maximum atomic E-state index is 13.0. The average Bonchev–Trinajstić information content (AvgIpc) is 3.33. The van der Waals surface area contributed by atoms with Crippen molar-refractivity contribution in [2.75, 3.05) is 26.2 Å². The number of amides is 1. The molecule has 0 spiro atoms. The Kier molecular flexibility index (Phi) is 6.00. The van der Waals surface area contributed by atoms with E-state index in [9.17, 15) is 4.79 Å². The molecule has 0 N–H and O–H groups in total. The fraction of sp³-hybridized carbons (Fsp3) is 0.222. The fourth-order valence-electron chi connectivity index (χ4n) is 4.17. The largest absolute Gasteiger partial charge is 0.338 e. The minimum atomic E-state index is 0.0777. The zero-order chi connectivity index (χ0) is 22.6. The van der Waals surface area contributed by atoms with E-state index in [2.05, 4.69) is 27.2 Å². The number of aryl methyl sites for hydroxylation is 1. The van der Waals surface area contributed by atoms with Crippen molar-refractivity contribution in [2.45, 2.75) is 13.5 Å². The van der Waals surface area contributed by atoms with Gasteiger partial charge in [0.2, 0.25) is 11.7 Å². The zero-order valence-electron chi connectivity index (χ0n) is 18.6. The number of nitrogens with zero attached hydrogens (tertiary/aromatic N) is 4. The molecule has 6 heteroatoms. The van der Waals surface area contributed by atoms with E-state index in [1.807, 2.05) is 78.6 Å². The van der Waals surface area contributed by atoms with Crippen molar-refractivity contribution in [1.29, 1.82) is 0 Å². The highest BCUT2D eigenvalue weighted by atomic mass is 16.5. The highest BCUT2D eigenvalue weighted by molar-refractivity contribution is 5.94. The third-order valence-electron chi connectivity index (χ3n) is 6.11. The lowest BCUT2D eigenvalue weighted by Gasteiger charge is -2.34. The van der Waals surface area contributed by atoms with Gasteiger partial charge in [-0.25, -0.2) is 0 Å². The summed E-state index contributed by atoms with van der Waals surface area (Å²) >= 11 is 0. The van der Waals surface area contributed by atoms with Crippen LogP contribution >= 0.6 is 0 Å². The van der Waals surface area contributed by atoms with Crippen molar-refractivity contribution >= 4 is 5.91 Å². The summed E-state index contributed by atoms with van der Waals surface area (Å²) in [5.41, 5.74) is 5.09. The van der Waals surface area contributed by atoms with Crippen LogP contribution in [0.1, 0.15) is 21.8 Å². The topological polar surface area (TPSA) is 62.5 Å². The van der Waals surface area contributed by atoms with Crippen LogP contribution in [0, 0.1) is 6.92 Å². The molecule has 0 aliphatic carbocycles. The first-order chi connectivity index (χ1) is 16.2. The van der Waals surface area contributed by atoms with Crippen molar-refractivity contribution in [3.05, 3.63) is 95.9 Å². The Morgan fingerprint density at radius 2 is 1.52 bits per heavy atom. The van der Waals surface area contributed by atoms with Crippen molar-refractivity contribution < 1.29 is 9.32 Å². The summed E-state index contributed by atoms with van der Waals surface area (Å²) in [6, 6.07) is 26.1. The number of hydrogen-bond donors (Lipinski definition) is 0. The minimum absolute atomic E-state index is 0.0777. The Hall–Kier alpha value is -3.77. The minimum Gasteiger partial charge on any atom is -0.338 e. The normalized spacial score (nSPS) is 14.4. The average molecular weight is 439 g/mol. The van der Waals surface area contributed by atoms with Gasteiger partial charge >= 0.3 is 0 Å². The van der Waals surface area contributed by atoms with Gasteiger partial charge in [0.15, 0.2) is 0 Å². The van der Waals surface area contributed by atoms with Gasteiger partial charge in [-0.1, -0.05) is 71.9 Å². The van der Waals surface area contributed by atoms with Crippen molar-refractivity contribution in [3.8, 4) is 22.5 Å². The summed E-state index contributed by atoms with van der Waals surface area (Å²) in [4.78, 5) is 21.7. The van der Waals surface area contributed by atoms with Crippen LogP contribution in [0.15, 0.2) is 83.4 Å². The molecule has 0 saturated carbocycles. The van der Waals surface area contributed by atoms with Gasteiger partial charge in [-0.05, 0) is 35.7 Å². The number of benzene rings is 3. The molecule has 6 nitrogen and oxygen atoms in total. The lowest BCUT2D eigenvalue weighted by molar-refractivity contribution is 0.0615. The predicted molar refractivity (Wildman–Crippen MR) is 128 cm³/mol. The van der Waals surface area contributed by atoms with Crippen molar-refractivity contribution in [2.24, 2.45) is 0 Å². The smallest absolute Gasteiger partial charge is 0.253 e. The van der Waals surface area contributed by atoms with Gasteiger partial charge in [-0.15, -0.1) is 0 Å². The number of aromatic nitrogens is 2. The molecule has 0 radical (unpaired) electrons. The van der Waals surface area contributed by atoms with Crippen LogP contribution in [0.4, 0.5) is 0 Å². The first-order valence-electron chi connectivity index (χ1n) is 11.2. The Morgan fingerprint density at radius 1 is 0.848 bits per heavy atom. The molecule has 5 rings (SSSR count). The summed E-state index contributed by atoms with van der Waals surface area (Å²) in [5, 5.41) is 4.15. The lowest BCUT2D eigenvalue weighted by Crippen LogP contribution is -2.48. The SMILES string of the molecule is Cc1ccccc1-c1noc(CN2CCN(C(=O)c3ccc(-c4ccccc4)cc3)CC2)n1. The predicted octanol–water partition coefficient (Wildman–Crippen LogP) is 4.67. The molecule has 1 fully saturated rings. The summed E-state index contributed by atoms with van der Waals surface area (Å²) in [5.74, 6) is 1.30. The molecule has 2 heterocycles. The maximum absolute atomic E-state index is 13.0. The number of hydrogen-bond acceptors (Lipinski definition) is 5. The van der Waals surface area contributed by atoms with Gasteiger partial charge in [0, 0.05) is 37.3 Å². The van der Waals surface area contributed by atoms with Crippen LogP contribution in [0.25, 0.3) is 22.5 Å². The lowest BCUT2D eigenvalue weighted by atomic mass is 10.0. The molecule has 0 unspecified atom stereocenters. The molecular weight excluding hydrogens is 412 g/mol. The number of carbonyl (C=O) groups excluding carboxylic acids is 1. The first-order valence-corrected chi connectivity index (χ1v) is 11.2. The second-order valence-corrected chi connectivity index (χ2v) is 8.34. The molecule has 1 saturated heterocycles. The van der Waals surface area contributed by atoms with E-state index in [1.54, 1.807) is 0 Å². The van der Waals surface area contributed by atoms with E-state index >= 15 is 0 Å². The fourth-order valence-corrected chi connectivity index (χ4v) is 4.17. The quantitative estimate of drug-likeness (QED) is 0.453. The standard InChI is InChI=1S/C27H26N4O2/c1-20-7-5-6-10-24(20)26-28-25(33-29-26)19-30-15-17-31(18-16-30)27(32)23-13-11-22(12-14-23)21-8-3-2-4-9-21/h2-14H,15-19H2,1H3. The van der Waals surface area contributed by atoms with Gasteiger partial charge in [-0.3, -0.25) is 9.69 Å². The molecule has 166 valence electrons. The van der Waals surface area contributed by atoms with E-state index in [-0.39, 0.29) is 5.91 Å². The first kappa shape index (κ1) is 21.1. The molecule has 3 aromatic carbocycles. The zero-order valence-corrected chi connectivity index (χ0v) is 18.6. The summed E-state index contributed by atoms with van der Waals surface area (Å²) in [6.07, 6.45) is 0. The van der Waals surface area contributed by atoms with Gasteiger partial charge in [0.1, 0.15) is 0 Å². The van der Waals surface area contributed by atoms with Crippen LogP contribution in [-0.2, 0) is 6.54 Å². The van der Waals surface area contributed by atoms with Crippen LogP contribution < -0.4 is 0 Å². The Morgan fingerprint density at radius 3 is 2.24 bits per heavy atom. The monoisotopic (exact) mass is 438 g/mol. The van der Waals surface area contributed by atoms with E-state index in [0.29, 0.717) is 31.3 Å². The molecule has 1 aliphatic heterocycles. The van der Waals surface area contributed by atoms with Crippen LogP contribution in [-0.4, -0.2) is 52.0 Å². The van der Waals surface area contributed by atoms with Gasteiger partial charge < -0.3 is 9.42 Å². The molecule has 1 aromatic heterocycles. The van der Waals surface area contributed by atoms with Gasteiger partial charge in [-0.2, -0.15) is 4.98 Å². The molecule has 4 aromatic rings. The molecule has 33 heavy (non-hydrogen) atoms. The molecule has 0 bridgehead atoms. The number of piperazine rings is 1. The Labute approximate surface area is 193 Å². The number of rotatable bonds is 5. The van der Waals surface area contributed by atoms with E-state index in [0.717, 1.165) is 40.9 Å². The summed E-state index contributed by atoms with van der Waals surface area (Å²) in [6.45, 7) is 5.53. The highest BCUT2D eigenvalue weighted by Crippen LogP contribution is 2.22. The maximum Gasteiger partial charge on any atom is 0.253 e. The summed E-state index contributed by atoms with van der Waals surface area (Å²) in [7, 11) is 0. The number of carbonyl (C=O) groups is 1. The van der Waals surface area contributed by atoms with Gasteiger partial charge in [0.25, 0.3) is 5.91 Å². The third-order valence-corrected chi connectivity index (χ3v) is 6.11. The van der Waals surface area contributed by atoms with E-state index < -0.39 is 0 Å². The van der Waals surface area contributed by atoms with E-state index in [1.165, 1.54) is 0 Å². The van der Waals surface area contributed by atoms with Crippen molar-refractivity contribution in [1.82, 2.24) is 19.9 Å². The van der Waals surface area contributed by atoms with Crippen molar-refractivity contribution in [3.63, 3.8) is 0 Å². The Bertz CT molecular complexity index is 1230. The third kappa shape index (κ3) is 4.71. The van der Waals surface area contributed by atoms with Crippen LogP contribution in [0.5, 0.6) is 0 Å². The van der Waals surface area contributed by atoms with Crippen LogP contribution in [0.2, 0.25) is 0 Å². The van der Waals surface area contributed by atoms with Gasteiger partial charge in [0.05, 0.1) is 6.54 Å². The second kappa shape index (κ2) is 9.38. The van der Waals surface area contributed by atoms with E-state index in [4.69, 9.17) is 4.52 Å². The molecule has 1 aliphatic rings. The summed E-state index contributed by atoms with van der Waals surface area (Å²) < 4.78 is 5.48. The highest BCUT2D eigenvalue weighted by Gasteiger charge is 2.23. The second-order valence-electron chi connectivity index (χ2n) is 8.34. The Balaban J connectivity index is 1.17.